The Kier molecular flexibility index (Phi) is 6.45. The normalized spacial score (nSPS) is 14.6. The average molecular weight is 449 g/mol. The van der Waals surface area contributed by atoms with Crippen molar-refractivity contribution >= 4 is 40.5 Å². The lowest BCUT2D eigenvalue weighted by Crippen LogP contribution is -2.36. The number of halogens is 5. The SMILES string of the molecule is COc1c(Cl)cc(C(=O)Nc2cc(C(F)(F)F)ccc2N2CCOCC2)cc1Cl. The molecule has 0 atom stereocenters. The number of nitrogens with zero attached hydrogens (tertiary/aromatic N) is 1. The van der Waals surface area contributed by atoms with Gasteiger partial charge in [-0.1, -0.05) is 23.2 Å². The third kappa shape index (κ3) is 4.88. The van der Waals surface area contributed by atoms with Crippen molar-refractivity contribution < 1.29 is 27.4 Å². The molecule has 0 aromatic heterocycles. The third-order valence-corrected chi connectivity index (χ3v) is 4.95. The number of hydrogen-bond donors (Lipinski definition) is 1. The van der Waals surface area contributed by atoms with E-state index < -0.39 is 17.6 Å². The third-order valence-electron chi connectivity index (χ3n) is 4.39. The van der Waals surface area contributed by atoms with E-state index in [0.29, 0.717) is 32.0 Å². The van der Waals surface area contributed by atoms with Crippen molar-refractivity contribution in [1.82, 2.24) is 0 Å². The summed E-state index contributed by atoms with van der Waals surface area (Å²) >= 11 is 12.1. The Bertz CT molecular complexity index is 893. The second kappa shape index (κ2) is 8.69. The molecule has 10 heteroatoms. The minimum absolute atomic E-state index is 0.0368. The summed E-state index contributed by atoms with van der Waals surface area (Å²) in [4.78, 5) is 14.6. The predicted octanol–water partition coefficient (Wildman–Crippen LogP) is 5.11. The number of amides is 1. The molecule has 0 aliphatic carbocycles. The molecule has 156 valence electrons. The number of rotatable bonds is 4. The van der Waals surface area contributed by atoms with Crippen LogP contribution >= 0.6 is 23.2 Å². The van der Waals surface area contributed by atoms with Gasteiger partial charge in [0.1, 0.15) is 0 Å². The van der Waals surface area contributed by atoms with Gasteiger partial charge in [-0.2, -0.15) is 13.2 Å². The van der Waals surface area contributed by atoms with Crippen LogP contribution in [0.25, 0.3) is 0 Å². The van der Waals surface area contributed by atoms with E-state index >= 15 is 0 Å². The minimum atomic E-state index is -4.55. The molecule has 1 heterocycles. The highest BCUT2D eigenvalue weighted by molar-refractivity contribution is 6.37. The van der Waals surface area contributed by atoms with E-state index in [-0.39, 0.29) is 27.0 Å². The van der Waals surface area contributed by atoms with Crippen LogP contribution in [0.3, 0.4) is 0 Å². The number of alkyl halides is 3. The van der Waals surface area contributed by atoms with Gasteiger partial charge in [0, 0.05) is 18.7 Å². The van der Waals surface area contributed by atoms with E-state index in [9.17, 15) is 18.0 Å². The maximum atomic E-state index is 13.2. The Morgan fingerprint density at radius 1 is 1.14 bits per heavy atom. The fraction of sp³-hybridized carbons (Fsp3) is 0.316. The number of ether oxygens (including phenoxy) is 2. The van der Waals surface area contributed by atoms with Crippen LogP contribution in [0.4, 0.5) is 24.5 Å². The largest absolute Gasteiger partial charge is 0.494 e. The van der Waals surface area contributed by atoms with Crippen LogP contribution in [-0.4, -0.2) is 39.3 Å². The number of carbonyl (C=O) groups excluding carboxylic acids is 1. The number of morpholine rings is 1. The zero-order valence-corrected chi connectivity index (χ0v) is 16.8. The van der Waals surface area contributed by atoms with Crippen molar-refractivity contribution in [3.63, 3.8) is 0 Å². The summed E-state index contributed by atoms with van der Waals surface area (Å²) in [5.74, 6) is -0.441. The van der Waals surface area contributed by atoms with Gasteiger partial charge >= 0.3 is 6.18 Å². The first-order valence-electron chi connectivity index (χ1n) is 8.59. The monoisotopic (exact) mass is 448 g/mol. The molecule has 2 aromatic rings. The van der Waals surface area contributed by atoms with Gasteiger partial charge in [-0.25, -0.2) is 0 Å². The molecule has 0 radical (unpaired) electrons. The number of hydrogen-bond acceptors (Lipinski definition) is 4. The lowest BCUT2D eigenvalue weighted by atomic mass is 10.1. The van der Waals surface area contributed by atoms with E-state index in [0.717, 1.165) is 12.1 Å². The molecule has 1 aliphatic rings. The summed E-state index contributed by atoms with van der Waals surface area (Å²) in [5.41, 5.74) is -0.267. The number of nitrogens with one attached hydrogen (secondary N) is 1. The molecule has 29 heavy (non-hydrogen) atoms. The average Bonchev–Trinajstić information content (AvgIpc) is 2.67. The van der Waals surface area contributed by atoms with Crippen molar-refractivity contribution in [1.29, 1.82) is 0 Å². The predicted molar refractivity (Wildman–Crippen MR) is 105 cm³/mol. The summed E-state index contributed by atoms with van der Waals surface area (Å²) in [5, 5.41) is 2.78. The van der Waals surface area contributed by atoms with Crippen LogP contribution in [0.1, 0.15) is 15.9 Å². The van der Waals surface area contributed by atoms with E-state index in [1.807, 2.05) is 4.90 Å². The summed E-state index contributed by atoms with van der Waals surface area (Å²) in [6, 6.07) is 5.92. The van der Waals surface area contributed by atoms with Crippen molar-refractivity contribution in [3.8, 4) is 5.75 Å². The maximum absolute atomic E-state index is 13.2. The zero-order chi connectivity index (χ0) is 21.2. The summed E-state index contributed by atoms with van der Waals surface area (Å²) in [6.45, 7) is 1.87. The van der Waals surface area contributed by atoms with Crippen LogP contribution in [0.15, 0.2) is 30.3 Å². The molecule has 1 aliphatic heterocycles. The number of carbonyl (C=O) groups is 1. The lowest BCUT2D eigenvalue weighted by Gasteiger charge is -2.31. The molecule has 0 saturated carbocycles. The topological polar surface area (TPSA) is 50.8 Å². The van der Waals surface area contributed by atoms with Crippen molar-refractivity contribution in [2.24, 2.45) is 0 Å². The van der Waals surface area contributed by atoms with Crippen LogP contribution in [0.5, 0.6) is 5.75 Å². The molecule has 1 fully saturated rings. The molecule has 0 bridgehead atoms. The molecule has 3 rings (SSSR count). The van der Waals surface area contributed by atoms with E-state index in [1.54, 1.807) is 0 Å². The van der Waals surface area contributed by atoms with E-state index in [4.69, 9.17) is 32.7 Å². The first kappa shape index (κ1) is 21.5. The van der Waals surface area contributed by atoms with Gasteiger partial charge in [-0.05, 0) is 30.3 Å². The summed E-state index contributed by atoms with van der Waals surface area (Å²) < 4.78 is 49.9. The smallest absolute Gasteiger partial charge is 0.416 e. The van der Waals surface area contributed by atoms with Crippen LogP contribution in [0, 0.1) is 0 Å². The van der Waals surface area contributed by atoms with Crippen molar-refractivity contribution in [3.05, 3.63) is 51.5 Å². The molecule has 5 nitrogen and oxygen atoms in total. The molecule has 1 amide bonds. The Morgan fingerprint density at radius 2 is 1.76 bits per heavy atom. The molecule has 0 spiro atoms. The highest BCUT2D eigenvalue weighted by atomic mass is 35.5. The van der Waals surface area contributed by atoms with Crippen LogP contribution in [-0.2, 0) is 10.9 Å². The standard InChI is InChI=1S/C19H17Cl2F3N2O3/c1-28-17-13(20)8-11(9-14(17)21)18(27)25-15-10-12(19(22,23)24)2-3-16(15)26-4-6-29-7-5-26/h2-3,8-10H,4-7H2,1H3,(H,25,27). The van der Waals surface area contributed by atoms with Gasteiger partial charge in [0.25, 0.3) is 5.91 Å². The Balaban J connectivity index is 1.96. The highest BCUT2D eigenvalue weighted by Gasteiger charge is 2.32. The molecule has 1 saturated heterocycles. The van der Waals surface area contributed by atoms with E-state index in [2.05, 4.69) is 5.32 Å². The second-order valence-electron chi connectivity index (χ2n) is 6.26. The molecule has 1 N–H and O–H groups in total. The minimum Gasteiger partial charge on any atom is -0.494 e. The number of anilines is 2. The Labute approximate surface area is 175 Å². The Hall–Kier alpha value is -2.16. The number of benzene rings is 2. The van der Waals surface area contributed by atoms with Crippen LogP contribution < -0.4 is 15.0 Å². The maximum Gasteiger partial charge on any atom is 0.416 e. The zero-order valence-electron chi connectivity index (χ0n) is 15.3. The lowest BCUT2D eigenvalue weighted by molar-refractivity contribution is -0.137. The summed E-state index contributed by atoms with van der Waals surface area (Å²) in [7, 11) is 1.38. The van der Waals surface area contributed by atoms with Gasteiger partial charge in [0.2, 0.25) is 0 Å². The van der Waals surface area contributed by atoms with E-state index in [1.165, 1.54) is 25.3 Å². The quantitative estimate of drug-likeness (QED) is 0.705. The second-order valence-corrected chi connectivity index (χ2v) is 7.07. The van der Waals surface area contributed by atoms with Gasteiger partial charge in [-0.3, -0.25) is 4.79 Å². The van der Waals surface area contributed by atoms with Crippen LogP contribution in [0.2, 0.25) is 10.0 Å². The van der Waals surface area contributed by atoms with Gasteiger partial charge in [0.05, 0.1) is 47.3 Å². The van der Waals surface area contributed by atoms with Crippen molar-refractivity contribution in [2.45, 2.75) is 6.18 Å². The van der Waals surface area contributed by atoms with Crippen molar-refractivity contribution in [2.75, 3.05) is 43.6 Å². The first-order valence-corrected chi connectivity index (χ1v) is 9.34. The van der Waals surface area contributed by atoms with Gasteiger partial charge in [0.15, 0.2) is 5.75 Å². The highest BCUT2D eigenvalue weighted by Crippen LogP contribution is 2.37. The molecular formula is C19H17Cl2F3N2O3. The summed E-state index contributed by atoms with van der Waals surface area (Å²) in [6.07, 6.45) is -4.55. The number of methoxy groups -OCH3 is 1. The fourth-order valence-electron chi connectivity index (χ4n) is 2.97. The molecule has 2 aromatic carbocycles. The van der Waals surface area contributed by atoms with Gasteiger partial charge < -0.3 is 19.7 Å². The molecule has 0 unspecified atom stereocenters. The Morgan fingerprint density at radius 3 is 2.31 bits per heavy atom. The fourth-order valence-corrected chi connectivity index (χ4v) is 3.61. The van der Waals surface area contributed by atoms with Gasteiger partial charge in [-0.15, -0.1) is 0 Å². The molecular weight excluding hydrogens is 432 g/mol. The first-order chi connectivity index (χ1) is 13.7.